The summed E-state index contributed by atoms with van der Waals surface area (Å²) in [5.74, 6) is 0.281. The van der Waals surface area contributed by atoms with Gasteiger partial charge >= 0.3 is 0 Å². The van der Waals surface area contributed by atoms with Crippen molar-refractivity contribution in [3.8, 4) is 16.9 Å². The zero-order chi connectivity index (χ0) is 11.7. The quantitative estimate of drug-likeness (QED) is 0.681. The lowest BCUT2D eigenvalue weighted by atomic mass is 10.00. The molecule has 0 aliphatic rings. The smallest absolute Gasteiger partial charge is 0.116 e. The van der Waals surface area contributed by atoms with E-state index in [2.05, 4.69) is 11.1 Å². The van der Waals surface area contributed by atoms with Crippen LogP contribution in [0.15, 0.2) is 60.9 Å². The number of hydrogen-bond acceptors (Lipinski definition) is 2. The molecular formula is C15H11NO. The van der Waals surface area contributed by atoms with E-state index in [1.54, 1.807) is 18.3 Å². The van der Waals surface area contributed by atoms with E-state index in [1.807, 2.05) is 36.5 Å². The molecule has 0 aliphatic heterocycles. The highest BCUT2D eigenvalue weighted by atomic mass is 16.3. The summed E-state index contributed by atoms with van der Waals surface area (Å²) in [5.41, 5.74) is 2.09. The summed E-state index contributed by atoms with van der Waals surface area (Å²) in [6.07, 6.45) is 3.64. The fourth-order valence-electron chi connectivity index (χ4n) is 2.04. The van der Waals surface area contributed by atoms with Gasteiger partial charge in [-0.1, -0.05) is 30.3 Å². The van der Waals surface area contributed by atoms with Crippen LogP contribution in [0.2, 0.25) is 0 Å². The minimum Gasteiger partial charge on any atom is -0.508 e. The maximum absolute atomic E-state index is 9.53. The molecule has 0 radical (unpaired) electrons. The molecule has 2 aromatic carbocycles. The zero-order valence-electron chi connectivity index (χ0n) is 9.17. The summed E-state index contributed by atoms with van der Waals surface area (Å²) >= 11 is 0. The van der Waals surface area contributed by atoms with Crippen molar-refractivity contribution in [1.82, 2.24) is 4.98 Å². The minimum absolute atomic E-state index is 0.281. The molecule has 0 amide bonds. The van der Waals surface area contributed by atoms with Crippen LogP contribution < -0.4 is 0 Å². The number of benzene rings is 2. The molecule has 0 bridgehead atoms. The molecule has 1 N–H and O–H groups in total. The van der Waals surface area contributed by atoms with E-state index in [4.69, 9.17) is 0 Å². The fourth-order valence-corrected chi connectivity index (χ4v) is 2.04. The monoisotopic (exact) mass is 221 g/mol. The number of pyridine rings is 1. The number of hydrogen-bond donors (Lipinski definition) is 1. The van der Waals surface area contributed by atoms with Gasteiger partial charge in [-0.25, -0.2) is 0 Å². The van der Waals surface area contributed by atoms with E-state index in [0.29, 0.717) is 0 Å². The highest BCUT2D eigenvalue weighted by molar-refractivity contribution is 5.96. The van der Waals surface area contributed by atoms with Gasteiger partial charge in [0.05, 0.1) is 0 Å². The van der Waals surface area contributed by atoms with Crippen LogP contribution in [0.5, 0.6) is 5.75 Å². The first kappa shape index (κ1) is 9.85. The van der Waals surface area contributed by atoms with Gasteiger partial charge in [0.2, 0.25) is 0 Å². The third kappa shape index (κ3) is 1.74. The Morgan fingerprint density at radius 1 is 0.941 bits per heavy atom. The third-order valence-corrected chi connectivity index (χ3v) is 2.84. The van der Waals surface area contributed by atoms with E-state index in [0.717, 1.165) is 21.9 Å². The van der Waals surface area contributed by atoms with Crippen LogP contribution in [-0.4, -0.2) is 10.1 Å². The Morgan fingerprint density at radius 2 is 1.82 bits per heavy atom. The van der Waals surface area contributed by atoms with E-state index < -0.39 is 0 Å². The molecule has 82 valence electrons. The molecule has 3 aromatic rings. The molecular weight excluding hydrogens is 210 g/mol. The van der Waals surface area contributed by atoms with Gasteiger partial charge in [0, 0.05) is 17.8 Å². The van der Waals surface area contributed by atoms with Gasteiger partial charge in [-0.2, -0.15) is 0 Å². The first-order chi connectivity index (χ1) is 8.34. The molecule has 1 heterocycles. The van der Waals surface area contributed by atoms with Crippen LogP contribution in [0.3, 0.4) is 0 Å². The first-order valence-electron chi connectivity index (χ1n) is 5.47. The lowest BCUT2D eigenvalue weighted by Gasteiger charge is -2.06. The summed E-state index contributed by atoms with van der Waals surface area (Å²) in [7, 11) is 0. The highest BCUT2D eigenvalue weighted by Crippen LogP contribution is 2.29. The minimum atomic E-state index is 0.281. The first-order valence-corrected chi connectivity index (χ1v) is 5.47. The average Bonchev–Trinajstić information content (AvgIpc) is 2.38. The molecule has 0 saturated carbocycles. The molecule has 2 heteroatoms. The zero-order valence-corrected chi connectivity index (χ0v) is 9.17. The predicted octanol–water partition coefficient (Wildman–Crippen LogP) is 3.61. The lowest BCUT2D eigenvalue weighted by Crippen LogP contribution is -1.82. The van der Waals surface area contributed by atoms with Crippen molar-refractivity contribution < 1.29 is 5.11 Å². The second kappa shape index (κ2) is 3.91. The summed E-state index contributed by atoms with van der Waals surface area (Å²) in [6.45, 7) is 0. The van der Waals surface area contributed by atoms with Gasteiger partial charge in [-0.3, -0.25) is 4.98 Å². The lowest BCUT2D eigenvalue weighted by molar-refractivity contribution is 0.475. The largest absolute Gasteiger partial charge is 0.508 e. The molecule has 0 fully saturated rings. The topological polar surface area (TPSA) is 33.1 Å². The number of fused-ring (bicyclic) bond motifs is 1. The highest BCUT2D eigenvalue weighted by Gasteiger charge is 2.03. The Kier molecular flexibility index (Phi) is 2.26. The fraction of sp³-hybridized carbons (Fsp3) is 0. The maximum atomic E-state index is 9.53. The Bertz CT molecular complexity index is 671. The Labute approximate surface area is 99.2 Å². The van der Waals surface area contributed by atoms with Crippen molar-refractivity contribution in [3.63, 3.8) is 0 Å². The van der Waals surface area contributed by atoms with Crippen LogP contribution in [0, 0.1) is 0 Å². The molecule has 1 aromatic heterocycles. The molecule has 0 atom stereocenters. The van der Waals surface area contributed by atoms with E-state index in [9.17, 15) is 5.11 Å². The Hall–Kier alpha value is -2.35. The number of aromatic nitrogens is 1. The maximum Gasteiger partial charge on any atom is 0.116 e. The standard InChI is InChI=1S/C15H11NO/c17-13-5-1-4-12(9-13)14-6-2-3-11-7-8-16-10-15(11)14/h1-10,17H. The number of rotatable bonds is 1. The van der Waals surface area contributed by atoms with E-state index >= 15 is 0 Å². The molecule has 0 unspecified atom stereocenters. The van der Waals surface area contributed by atoms with Crippen LogP contribution in [0.25, 0.3) is 21.9 Å². The average molecular weight is 221 g/mol. The SMILES string of the molecule is Oc1cccc(-c2cccc3ccncc23)c1. The molecule has 2 nitrogen and oxygen atoms in total. The van der Waals surface area contributed by atoms with Crippen molar-refractivity contribution in [1.29, 1.82) is 0 Å². The van der Waals surface area contributed by atoms with Crippen molar-refractivity contribution in [3.05, 3.63) is 60.9 Å². The third-order valence-electron chi connectivity index (χ3n) is 2.84. The van der Waals surface area contributed by atoms with Crippen LogP contribution in [0.4, 0.5) is 0 Å². The summed E-state index contributed by atoms with van der Waals surface area (Å²) in [4.78, 5) is 4.16. The number of nitrogens with zero attached hydrogens (tertiary/aromatic N) is 1. The molecule has 0 spiro atoms. The van der Waals surface area contributed by atoms with Gasteiger partial charge in [0.25, 0.3) is 0 Å². The number of aromatic hydroxyl groups is 1. The molecule has 0 aliphatic carbocycles. The van der Waals surface area contributed by atoms with Crippen LogP contribution in [0.1, 0.15) is 0 Å². The van der Waals surface area contributed by atoms with Gasteiger partial charge in [0.15, 0.2) is 0 Å². The van der Waals surface area contributed by atoms with Crippen molar-refractivity contribution in [2.75, 3.05) is 0 Å². The molecule has 17 heavy (non-hydrogen) atoms. The summed E-state index contributed by atoms with van der Waals surface area (Å²) in [5, 5.41) is 11.8. The number of phenols is 1. The van der Waals surface area contributed by atoms with E-state index in [-0.39, 0.29) is 5.75 Å². The summed E-state index contributed by atoms with van der Waals surface area (Å²) < 4.78 is 0. The Morgan fingerprint density at radius 3 is 2.71 bits per heavy atom. The summed E-state index contributed by atoms with van der Waals surface area (Å²) in [6, 6.07) is 15.4. The number of phenolic OH excluding ortho intramolecular Hbond substituents is 1. The molecule has 3 rings (SSSR count). The normalized spacial score (nSPS) is 10.6. The Balaban J connectivity index is 2.30. The molecule has 0 saturated heterocycles. The van der Waals surface area contributed by atoms with Crippen molar-refractivity contribution in [2.45, 2.75) is 0 Å². The van der Waals surface area contributed by atoms with Crippen LogP contribution >= 0.6 is 0 Å². The van der Waals surface area contributed by atoms with Gasteiger partial charge < -0.3 is 5.11 Å². The predicted molar refractivity (Wildman–Crippen MR) is 68.8 cm³/mol. The van der Waals surface area contributed by atoms with Crippen molar-refractivity contribution in [2.24, 2.45) is 0 Å². The van der Waals surface area contributed by atoms with Gasteiger partial charge in [-0.05, 0) is 34.7 Å². The second-order valence-electron chi connectivity index (χ2n) is 3.95. The second-order valence-corrected chi connectivity index (χ2v) is 3.95. The van der Waals surface area contributed by atoms with Gasteiger partial charge in [0.1, 0.15) is 5.75 Å². The van der Waals surface area contributed by atoms with E-state index in [1.165, 1.54) is 0 Å². The van der Waals surface area contributed by atoms with Gasteiger partial charge in [-0.15, -0.1) is 0 Å². The van der Waals surface area contributed by atoms with Crippen LogP contribution in [-0.2, 0) is 0 Å². The van der Waals surface area contributed by atoms with Crippen molar-refractivity contribution >= 4 is 10.8 Å².